The van der Waals surface area contributed by atoms with Crippen molar-refractivity contribution in [2.75, 3.05) is 18.4 Å². The molecule has 0 aliphatic carbocycles. The molecule has 2 aromatic rings. The number of para-hydroxylation sites is 2. The first kappa shape index (κ1) is 22.6. The molecule has 0 spiro atoms. The van der Waals surface area contributed by atoms with E-state index in [9.17, 15) is 14.0 Å². The number of anilines is 1. The Hall–Kier alpha value is -3.09. The third-order valence-corrected chi connectivity index (χ3v) is 5.66. The summed E-state index contributed by atoms with van der Waals surface area (Å²) >= 11 is 0. The highest BCUT2D eigenvalue weighted by Crippen LogP contribution is 2.31. The Balaban J connectivity index is 1.57. The minimum Gasteiger partial charge on any atom is -0.455 e. The second-order valence-electron chi connectivity index (χ2n) is 7.74. The summed E-state index contributed by atoms with van der Waals surface area (Å²) in [5.74, 6) is 0.464. The molecule has 3 amide bonds. The largest absolute Gasteiger partial charge is 0.455 e. The lowest BCUT2D eigenvalue weighted by molar-refractivity contribution is -0.136. The Morgan fingerprint density at radius 1 is 1.06 bits per heavy atom. The van der Waals surface area contributed by atoms with Gasteiger partial charge in [-0.25, -0.2) is 9.18 Å². The topological polar surface area (TPSA) is 70.7 Å². The Kier molecular flexibility index (Phi) is 7.87. The zero-order valence-corrected chi connectivity index (χ0v) is 18.1. The van der Waals surface area contributed by atoms with Gasteiger partial charge in [-0.3, -0.25) is 4.79 Å². The van der Waals surface area contributed by atoms with Crippen LogP contribution in [0.15, 0.2) is 48.5 Å². The lowest BCUT2D eigenvalue weighted by Gasteiger charge is -2.34. The van der Waals surface area contributed by atoms with Crippen LogP contribution in [0.5, 0.6) is 11.5 Å². The summed E-state index contributed by atoms with van der Waals surface area (Å²) in [5, 5.41) is 5.48. The van der Waals surface area contributed by atoms with Crippen LogP contribution in [0.3, 0.4) is 0 Å². The van der Waals surface area contributed by atoms with Crippen molar-refractivity contribution in [3.63, 3.8) is 0 Å². The van der Waals surface area contributed by atoms with Crippen molar-refractivity contribution in [3.8, 4) is 11.5 Å². The Bertz CT molecular complexity index is 879. The highest BCUT2D eigenvalue weighted by molar-refractivity contribution is 5.91. The number of nitrogens with one attached hydrogen (secondary N) is 2. The fourth-order valence-electron chi connectivity index (χ4n) is 3.80. The summed E-state index contributed by atoms with van der Waals surface area (Å²) in [6.07, 6.45) is 3.02. The van der Waals surface area contributed by atoms with Gasteiger partial charge in [0.2, 0.25) is 5.91 Å². The van der Waals surface area contributed by atoms with Gasteiger partial charge >= 0.3 is 6.03 Å². The highest BCUT2D eigenvalue weighted by atomic mass is 19.1. The molecule has 166 valence electrons. The maximum atomic E-state index is 14.4. The van der Waals surface area contributed by atoms with Gasteiger partial charge < -0.3 is 20.3 Å². The molecule has 0 saturated carbocycles. The maximum absolute atomic E-state index is 14.4. The van der Waals surface area contributed by atoms with Gasteiger partial charge in [0.1, 0.15) is 11.4 Å². The van der Waals surface area contributed by atoms with E-state index in [1.54, 1.807) is 18.2 Å². The van der Waals surface area contributed by atoms with Gasteiger partial charge in [-0.2, -0.15) is 0 Å². The Morgan fingerprint density at radius 2 is 1.74 bits per heavy atom. The first-order valence-corrected chi connectivity index (χ1v) is 10.9. The molecule has 1 saturated heterocycles. The van der Waals surface area contributed by atoms with Crippen molar-refractivity contribution in [3.05, 3.63) is 54.3 Å². The Labute approximate surface area is 182 Å². The van der Waals surface area contributed by atoms with E-state index >= 15 is 0 Å². The smallest absolute Gasteiger partial charge is 0.319 e. The van der Waals surface area contributed by atoms with Gasteiger partial charge in [0, 0.05) is 25.0 Å². The number of piperidine rings is 1. The van der Waals surface area contributed by atoms with E-state index in [1.165, 1.54) is 12.1 Å². The lowest BCUT2D eigenvalue weighted by atomic mass is 9.98. The fraction of sp³-hybridized carbons (Fsp3) is 0.417. The molecular weight excluding hydrogens is 397 g/mol. The predicted molar refractivity (Wildman–Crippen MR) is 119 cm³/mol. The number of likely N-dealkylation sites (tertiary alicyclic amines) is 1. The van der Waals surface area contributed by atoms with E-state index in [0.29, 0.717) is 31.7 Å². The van der Waals surface area contributed by atoms with E-state index in [1.807, 2.05) is 36.9 Å². The quantitative estimate of drug-likeness (QED) is 0.641. The van der Waals surface area contributed by atoms with E-state index in [4.69, 9.17) is 4.74 Å². The summed E-state index contributed by atoms with van der Waals surface area (Å²) in [6, 6.07) is 12.8. The number of urea groups is 1. The number of benzene rings is 2. The third-order valence-electron chi connectivity index (χ3n) is 5.66. The normalized spacial score (nSPS) is 14.4. The minimum absolute atomic E-state index is 0.00907. The first-order chi connectivity index (χ1) is 15.0. The molecule has 2 aromatic carbocycles. The van der Waals surface area contributed by atoms with Gasteiger partial charge in [0.05, 0.1) is 0 Å². The molecule has 3 rings (SSSR count). The number of ether oxygens (including phenoxy) is 1. The molecule has 0 atom stereocenters. The molecule has 7 heteroatoms. The number of nitrogens with zero attached hydrogens (tertiary/aromatic N) is 1. The van der Waals surface area contributed by atoms with Gasteiger partial charge in [-0.05, 0) is 49.9 Å². The summed E-state index contributed by atoms with van der Waals surface area (Å²) in [4.78, 5) is 26.9. The molecule has 0 radical (unpaired) electrons. The molecule has 1 heterocycles. The summed E-state index contributed by atoms with van der Waals surface area (Å²) < 4.78 is 20.1. The van der Waals surface area contributed by atoms with Crippen LogP contribution in [0.4, 0.5) is 14.9 Å². The highest BCUT2D eigenvalue weighted by Gasteiger charge is 2.27. The van der Waals surface area contributed by atoms with Crippen molar-refractivity contribution in [1.82, 2.24) is 10.2 Å². The molecule has 0 aromatic heterocycles. The van der Waals surface area contributed by atoms with Crippen LogP contribution in [0.2, 0.25) is 0 Å². The Morgan fingerprint density at radius 3 is 2.39 bits per heavy atom. The first-order valence-electron chi connectivity index (χ1n) is 10.9. The van der Waals surface area contributed by atoms with Crippen LogP contribution in [0.25, 0.3) is 0 Å². The molecule has 1 aliphatic heterocycles. The summed E-state index contributed by atoms with van der Waals surface area (Å²) in [5.41, 5.74) is -0.00907. The average Bonchev–Trinajstić information content (AvgIpc) is 2.78. The van der Waals surface area contributed by atoms with E-state index in [2.05, 4.69) is 10.6 Å². The zero-order valence-electron chi connectivity index (χ0n) is 18.1. The zero-order chi connectivity index (χ0) is 22.2. The van der Waals surface area contributed by atoms with Crippen LogP contribution in [0, 0.1) is 11.7 Å². The van der Waals surface area contributed by atoms with Crippen molar-refractivity contribution in [2.45, 2.75) is 45.6 Å². The molecule has 1 aliphatic rings. The number of hydrogen-bond acceptors (Lipinski definition) is 3. The summed E-state index contributed by atoms with van der Waals surface area (Å²) in [6.45, 7) is 5.29. The standard InChI is InChI=1S/C24H30FN3O3/c1-3-17(4-2)23(29)28-15-13-18(14-16-28)26-24(30)27-22-20(25)11-8-12-21(22)31-19-9-6-5-7-10-19/h5-12,17-18H,3-4,13-16H2,1-2H3,(H2,26,27,30). The van der Waals surface area contributed by atoms with Crippen molar-refractivity contribution < 1.29 is 18.7 Å². The van der Waals surface area contributed by atoms with Gasteiger partial charge in [0.15, 0.2) is 11.6 Å². The maximum Gasteiger partial charge on any atom is 0.319 e. The van der Waals surface area contributed by atoms with Gasteiger partial charge in [-0.15, -0.1) is 0 Å². The van der Waals surface area contributed by atoms with E-state index in [0.717, 1.165) is 12.8 Å². The van der Waals surface area contributed by atoms with Crippen LogP contribution in [-0.2, 0) is 4.79 Å². The summed E-state index contributed by atoms with van der Waals surface area (Å²) in [7, 11) is 0. The molecule has 0 bridgehead atoms. The third kappa shape index (κ3) is 5.96. The van der Waals surface area contributed by atoms with Gasteiger partial charge in [0.25, 0.3) is 0 Å². The number of rotatable bonds is 7. The van der Waals surface area contributed by atoms with Crippen LogP contribution in [-0.4, -0.2) is 36.0 Å². The number of hydrogen-bond donors (Lipinski definition) is 2. The van der Waals surface area contributed by atoms with Crippen LogP contribution in [0.1, 0.15) is 39.5 Å². The molecular formula is C24H30FN3O3. The molecule has 2 N–H and O–H groups in total. The number of carbonyl (C=O) groups is 2. The number of halogens is 1. The monoisotopic (exact) mass is 427 g/mol. The fourth-order valence-corrected chi connectivity index (χ4v) is 3.80. The molecule has 1 fully saturated rings. The second-order valence-corrected chi connectivity index (χ2v) is 7.74. The molecule has 0 unspecified atom stereocenters. The number of amides is 3. The SMILES string of the molecule is CCC(CC)C(=O)N1CCC(NC(=O)Nc2c(F)cccc2Oc2ccccc2)CC1. The molecule has 6 nitrogen and oxygen atoms in total. The second kappa shape index (κ2) is 10.8. The van der Waals surface area contributed by atoms with E-state index in [-0.39, 0.29) is 29.3 Å². The van der Waals surface area contributed by atoms with Crippen molar-refractivity contribution in [1.29, 1.82) is 0 Å². The number of carbonyl (C=O) groups excluding carboxylic acids is 2. The van der Waals surface area contributed by atoms with E-state index < -0.39 is 11.8 Å². The lowest BCUT2D eigenvalue weighted by Crippen LogP contribution is -2.48. The minimum atomic E-state index is -0.575. The van der Waals surface area contributed by atoms with Crippen molar-refractivity contribution in [2.24, 2.45) is 5.92 Å². The van der Waals surface area contributed by atoms with Gasteiger partial charge in [-0.1, -0.05) is 38.1 Å². The van der Waals surface area contributed by atoms with Crippen LogP contribution < -0.4 is 15.4 Å². The molecule has 31 heavy (non-hydrogen) atoms. The van der Waals surface area contributed by atoms with Crippen LogP contribution >= 0.6 is 0 Å². The van der Waals surface area contributed by atoms with Crippen molar-refractivity contribution >= 4 is 17.6 Å². The average molecular weight is 428 g/mol. The predicted octanol–water partition coefficient (Wildman–Crippen LogP) is 5.17.